The third-order valence-electron chi connectivity index (χ3n) is 5.24. The Morgan fingerprint density at radius 2 is 1.93 bits per heavy atom. The lowest BCUT2D eigenvalue weighted by Crippen LogP contribution is -2.57. The molecule has 0 bridgehead atoms. The number of rotatable bonds is 4. The molecule has 9 heteroatoms. The molecule has 2 aliphatic rings. The maximum absolute atomic E-state index is 14.1. The molecule has 2 aromatic rings. The van der Waals surface area contributed by atoms with Gasteiger partial charge in [-0.25, -0.2) is 9.38 Å². The topological polar surface area (TPSA) is 87.4 Å². The first kappa shape index (κ1) is 19.9. The van der Waals surface area contributed by atoms with Crippen molar-refractivity contribution < 1.29 is 23.1 Å². The highest BCUT2D eigenvalue weighted by atomic mass is 19.1. The van der Waals surface area contributed by atoms with E-state index in [1.165, 1.54) is 12.3 Å². The van der Waals surface area contributed by atoms with E-state index in [0.717, 1.165) is 0 Å². The number of esters is 1. The average molecular weight is 414 g/mol. The van der Waals surface area contributed by atoms with E-state index in [1.807, 2.05) is 9.80 Å². The van der Waals surface area contributed by atoms with Gasteiger partial charge in [-0.3, -0.25) is 14.9 Å². The second kappa shape index (κ2) is 8.56. The van der Waals surface area contributed by atoms with E-state index in [2.05, 4.69) is 10.3 Å². The molecule has 0 unspecified atom stereocenters. The molecule has 2 aliphatic heterocycles. The number of carbonyl (C=O) groups is 2. The van der Waals surface area contributed by atoms with Crippen LogP contribution in [-0.4, -0.2) is 55.5 Å². The minimum Gasteiger partial charge on any atom is -0.467 e. The van der Waals surface area contributed by atoms with Gasteiger partial charge in [0.1, 0.15) is 17.6 Å². The van der Waals surface area contributed by atoms with Gasteiger partial charge in [-0.15, -0.1) is 0 Å². The summed E-state index contributed by atoms with van der Waals surface area (Å²) in [5, 5.41) is 2.74. The molecule has 0 saturated carbocycles. The summed E-state index contributed by atoms with van der Waals surface area (Å²) < 4.78 is 24.6. The molecule has 158 valence electrons. The number of furan rings is 1. The first-order valence-corrected chi connectivity index (χ1v) is 9.91. The predicted octanol–water partition coefficient (Wildman–Crippen LogP) is 1.95. The quantitative estimate of drug-likeness (QED) is 0.608. The number of ether oxygens (including phenoxy) is 1. The Morgan fingerprint density at radius 3 is 2.60 bits per heavy atom. The second-order valence-corrected chi connectivity index (χ2v) is 7.06. The van der Waals surface area contributed by atoms with Crippen LogP contribution in [-0.2, 0) is 14.3 Å². The Morgan fingerprint density at radius 1 is 1.20 bits per heavy atom. The minimum atomic E-state index is -1.11. The van der Waals surface area contributed by atoms with Crippen molar-refractivity contribution in [1.82, 2.24) is 10.2 Å². The third-order valence-corrected chi connectivity index (χ3v) is 5.24. The molecule has 0 radical (unpaired) electrons. The molecule has 2 atom stereocenters. The Kier molecular flexibility index (Phi) is 5.69. The highest BCUT2D eigenvalue weighted by Crippen LogP contribution is 2.31. The maximum atomic E-state index is 14.1. The zero-order valence-electron chi connectivity index (χ0n) is 16.6. The monoisotopic (exact) mass is 414 g/mol. The fraction of sp³-hybridized carbons (Fsp3) is 0.381. The molecular formula is C21H23FN4O4. The Balaban J connectivity index is 1.53. The summed E-state index contributed by atoms with van der Waals surface area (Å²) in [6.07, 6.45) is 1.48. The van der Waals surface area contributed by atoms with E-state index < -0.39 is 23.8 Å². The van der Waals surface area contributed by atoms with Crippen LogP contribution in [0.15, 0.2) is 52.1 Å². The highest BCUT2D eigenvalue weighted by molar-refractivity contribution is 6.08. The number of halogens is 1. The van der Waals surface area contributed by atoms with Crippen molar-refractivity contribution >= 4 is 23.5 Å². The van der Waals surface area contributed by atoms with Crippen molar-refractivity contribution in [2.45, 2.75) is 13.0 Å². The largest absolute Gasteiger partial charge is 0.467 e. The number of hydrogen-bond donors (Lipinski definition) is 1. The van der Waals surface area contributed by atoms with Crippen LogP contribution in [0.3, 0.4) is 0 Å². The summed E-state index contributed by atoms with van der Waals surface area (Å²) in [6, 6.07) is 9.24. The van der Waals surface area contributed by atoms with Crippen molar-refractivity contribution in [3.8, 4) is 0 Å². The number of piperazine rings is 1. The number of guanidine groups is 1. The summed E-state index contributed by atoms with van der Waals surface area (Å²) >= 11 is 0. The minimum absolute atomic E-state index is 0.169. The third kappa shape index (κ3) is 3.87. The molecule has 4 rings (SSSR count). The molecule has 1 fully saturated rings. The van der Waals surface area contributed by atoms with E-state index in [4.69, 9.17) is 9.15 Å². The average Bonchev–Trinajstić information content (AvgIpc) is 3.29. The molecule has 3 heterocycles. The van der Waals surface area contributed by atoms with E-state index >= 15 is 0 Å². The molecule has 30 heavy (non-hydrogen) atoms. The fourth-order valence-electron chi connectivity index (χ4n) is 3.75. The smallest absolute Gasteiger partial charge is 0.321 e. The summed E-state index contributed by atoms with van der Waals surface area (Å²) in [4.78, 5) is 33.7. The number of hydrogen-bond acceptors (Lipinski definition) is 7. The summed E-state index contributed by atoms with van der Waals surface area (Å²) in [6.45, 7) is 4.09. The summed E-state index contributed by atoms with van der Waals surface area (Å²) in [7, 11) is 0. The summed E-state index contributed by atoms with van der Waals surface area (Å²) in [5.41, 5.74) is 0.558. The summed E-state index contributed by atoms with van der Waals surface area (Å²) in [5.74, 6) is -1.68. The zero-order chi connectivity index (χ0) is 21.1. The lowest BCUT2D eigenvalue weighted by atomic mass is 9.95. The Hall–Kier alpha value is -3.36. The van der Waals surface area contributed by atoms with Crippen LogP contribution in [0.25, 0.3) is 0 Å². The van der Waals surface area contributed by atoms with Crippen LogP contribution in [0.1, 0.15) is 18.7 Å². The van der Waals surface area contributed by atoms with Gasteiger partial charge in [0, 0.05) is 26.2 Å². The number of amides is 1. The molecule has 0 spiro atoms. The first-order chi connectivity index (χ1) is 14.6. The molecule has 1 amide bonds. The Labute approximate surface area is 173 Å². The van der Waals surface area contributed by atoms with Gasteiger partial charge in [-0.1, -0.05) is 12.1 Å². The second-order valence-electron chi connectivity index (χ2n) is 7.06. The fourth-order valence-corrected chi connectivity index (χ4v) is 3.75. The van der Waals surface area contributed by atoms with Crippen LogP contribution in [0, 0.1) is 11.7 Å². The number of nitrogens with zero attached hydrogens (tertiary/aromatic N) is 3. The number of para-hydroxylation sites is 1. The first-order valence-electron chi connectivity index (χ1n) is 9.91. The van der Waals surface area contributed by atoms with Crippen molar-refractivity contribution in [2.75, 3.05) is 37.7 Å². The van der Waals surface area contributed by atoms with Crippen molar-refractivity contribution in [3.05, 3.63) is 54.2 Å². The van der Waals surface area contributed by atoms with E-state index in [1.54, 1.807) is 37.3 Å². The van der Waals surface area contributed by atoms with Gasteiger partial charge in [0.15, 0.2) is 5.92 Å². The van der Waals surface area contributed by atoms with Gasteiger partial charge in [-0.2, -0.15) is 0 Å². The number of carbonyl (C=O) groups excluding carboxylic acids is 2. The maximum Gasteiger partial charge on any atom is 0.321 e. The standard InChI is InChI=1S/C21H23FN4O4/c1-2-29-20(28)17-18(16-8-5-13-30-16)23-21(24-19(17)27)26-11-9-25(10-12-26)15-7-4-3-6-14(15)22/h3-8,13,17-18H,2,9-12H2,1H3,(H,23,24,27)/t17-,18+/m0/s1. The molecule has 1 aromatic heterocycles. The lowest BCUT2D eigenvalue weighted by Gasteiger charge is -2.39. The van der Waals surface area contributed by atoms with Crippen LogP contribution < -0.4 is 10.2 Å². The van der Waals surface area contributed by atoms with E-state index in [9.17, 15) is 14.0 Å². The Bertz CT molecular complexity index is 938. The predicted molar refractivity (Wildman–Crippen MR) is 107 cm³/mol. The van der Waals surface area contributed by atoms with Gasteiger partial charge in [-0.05, 0) is 31.2 Å². The molecule has 1 aromatic carbocycles. The van der Waals surface area contributed by atoms with Crippen LogP contribution in [0.5, 0.6) is 0 Å². The van der Waals surface area contributed by atoms with Gasteiger partial charge in [0.05, 0.1) is 18.6 Å². The molecular weight excluding hydrogens is 391 g/mol. The number of anilines is 1. The van der Waals surface area contributed by atoms with Crippen molar-refractivity contribution in [2.24, 2.45) is 10.9 Å². The normalized spacial score (nSPS) is 21.8. The van der Waals surface area contributed by atoms with Crippen molar-refractivity contribution in [1.29, 1.82) is 0 Å². The molecule has 0 aliphatic carbocycles. The van der Waals surface area contributed by atoms with Crippen LogP contribution in [0.4, 0.5) is 10.1 Å². The molecule has 1 saturated heterocycles. The zero-order valence-corrected chi connectivity index (χ0v) is 16.6. The van der Waals surface area contributed by atoms with Gasteiger partial charge >= 0.3 is 5.97 Å². The number of aliphatic imine (C=N–C) groups is 1. The van der Waals surface area contributed by atoms with E-state index in [0.29, 0.717) is 43.6 Å². The highest BCUT2D eigenvalue weighted by Gasteiger charge is 2.43. The van der Waals surface area contributed by atoms with Crippen LogP contribution >= 0.6 is 0 Å². The SMILES string of the molecule is CCOC(=O)[C@@H]1C(=O)NC(N2CCN(c3ccccc3F)CC2)=N[C@@H]1c1ccco1. The van der Waals surface area contributed by atoms with E-state index in [-0.39, 0.29) is 12.4 Å². The van der Waals surface area contributed by atoms with Gasteiger partial charge in [0.25, 0.3) is 0 Å². The number of benzene rings is 1. The number of nitrogens with one attached hydrogen (secondary N) is 1. The van der Waals surface area contributed by atoms with Crippen molar-refractivity contribution in [3.63, 3.8) is 0 Å². The lowest BCUT2D eigenvalue weighted by molar-refractivity contribution is -0.153. The molecule has 1 N–H and O–H groups in total. The van der Waals surface area contributed by atoms with Crippen LogP contribution in [0.2, 0.25) is 0 Å². The van der Waals surface area contributed by atoms with Gasteiger partial charge < -0.3 is 19.0 Å². The van der Waals surface area contributed by atoms with Gasteiger partial charge in [0.2, 0.25) is 11.9 Å². The molecule has 8 nitrogen and oxygen atoms in total.